The van der Waals surface area contributed by atoms with Crippen LogP contribution in [0.15, 0.2) is 233 Å². The van der Waals surface area contributed by atoms with E-state index in [0.29, 0.717) is 34.1 Å². The number of methoxy groups -OCH3 is 2. The molecule has 2 aliphatic rings. The van der Waals surface area contributed by atoms with Gasteiger partial charge < -0.3 is 18.9 Å². The monoisotopic (exact) mass is 982 g/mol. The maximum atomic E-state index is 12.4. The van der Waals surface area contributed by atoms with Gasteiger partial charge in [0, 0.05) is 50.3 Å². The molecular formula is C60H38O6S4. The SMILES string of the molecule is COC(=O)c1ccc(Oc2ccc3cc(-c4cccc5c4Sc4ccccc4S5)ccc3c2-c2c(Oc3ccc(C(=O)OC)cc3)ccc3cc(-c4cccc5c4Sc4ccccc4S5)ccc23)cc1. The summed E-state index contributed by atoms with van der Waals surface area (Å²) < 4.78 is 23.8. The van der Waals surface area contributed by atoms with Crippen molar-refractivity contribution in [2.75, 3.05) is 14.2 Å². The fourth-order valence-electron chi connectivity index (χ4n) is 9.00. The van der Waals surface area contributed by atoms with Gasteiger partial charge in [-0.2, -0.15) is 0 Å². The van der Waals surface area contributed by atoms with Crippen molar-refractivity contribution < 1.29 is 28.5 Å². The van der Waals surface area contributed by atoms with Gasteiger partial charge in [0.05, 0.1) is 25.3 Å². The third kappa shape index (κ3) is 8.16. The number of carbonyl (C=O) groups is 2. The number of benzene rings is 10. The summed E-state index contributed by atoms with van der Waals surface area (Å²) in [5.41, 5.74) is 7.03. The number of hydrogen-bond acceptors (Lipinski definition) is 10. The second kappa shape index (κ2) is 18.5. The van der Waals surface area contributed by atoms with Gasteiger partial charge in [-0.15, -0.1) is 0 Å². The molecular weight excluding hydrogens is 945 g/mol. The van der Waals surface area contributed by atoms with Crippen LogP contribution in [0.1, 0.15) is 20.7 Å². The van der Waals surface area contributed by atoms with Gasteiger partial charge in [-0.3, -0.25) is 0 Å². The van der Waals surface area contributed by atoms with Crippen LogP contribution >= 0.6 is 47.0 Å². The number of rotatable bonds is 9. The fraction of sp³-hybridized carbons (Fsp3) is 0.0333. The van der Waals surface area contributed by atoms with Crippen molar-refractivity contribution in [3.8, 4) is 56.4 Å². The Labute approximate surface area is 421 Å². The van der Waals surface area contributed by atoms with Crippen LogP contribution in [0.2, 0.25) is 0 Å². The van der Waals surface area contributed by atoms with Crippen molar-refractivity contribution in [1.82, 2.24) is 0 Å². The highest BCUT2D eigenvalue weighted by Crippen LogP contribution is 2.55. The Morgan fingerprint density at radius 3 is 1.16 bits per heavy atom. The molecule has 0 saturated carbocycles. The number of esters is 2. The molecule has 2 heterocycles. The Morgan fingerprint density at radius 1 is 0.371 bits per heavy atom. The van der Waals surface area contributed by atoms with Gasteiger partial charge in [-0.1, -0.05) is 132 Å². The Bertz CT molecular complexity index is 3490. The first-order valence-corrected chi connectivity index (χ1v) is 25.7. The molecule has 2 aliphatic heterocycles. The van der Waals surface area contributed by atoms with Crippen LogP contribution in [0.5, 0.6) is 23.0 Å². The van der Waals surface area contributed by atoms with E-state index in [-0.39, 0.29) is 0 Å². The second-order valence-corrected chi connectivity index (χ2v) is 20.8. The van der Waals surface area contributed by atoms with Crippen molar-refractivity contribution in [3.63, 3.8) is 0 Å². The summed E-state index contributed by atoms with van der Waals surface area (Å²) in [6.45, 7) is 0. The predicted octanol–water partition coefficient (Wildman–Crippen LogP) is 17.4. The van der Waals surface area contributed by atoms with Gasteiger partial charge in [0.1, 0.15) is 23.0 Å². The zero-order chi connectivity index (χ0) is 47.3. The van der Waals surface area contributed by atoms with Crippen molar-refractivity contribution >= 4 is 80.5 Å². The molecule has 0 amide bonds. The molecule has 0 saturated heterocycles. The lowest BCUT2D eigenvalue weighted by atomic mass is 9.90. The summed E-state index contributed by atoms with van der Waals surface area (Å²) in [5, 5.41) is 3.94. The molecule has 0 aromatic heterocycles. The van der Waals surface area contributed by atoms with E-state index in [1.165, 1.54) is 64.5 Å². The molecule has 12 rings (SSSR count). The molecule has 10 aromatic carbocycles. The standard InChI is InChI=1S/C60H38O6S4/c1-63-59(61)35-17-25-41(26-18-35)65-47-31-23-37-33-39(45-9-7-15-53-57(45)69-51-13-5-3-11-49(51)67-53)21-29-43(37)55(47)56-44-30-22-40(46-10-8-16-54-58(46)70-52-14-6-4-12-50(52)68-54)34-38(44)24-32-48(56)66-42-27-19-36(20-28-42)60(62)64-2/h3-34H,1-2H3. The molecule has 10 aromatic rings. The predicted molar refractivity (Wildman–Crippen MR) is 283 cm³/mol. The van der Waals surface area contributed by atoms with E-state index in [2.05, 4.69) is 133 Å². The normalized spacial score (nSPS) is 12.3. The first kappa shape index (κ1) is 43.9. The molecule has 0 spiro atoms. The number of fused-ring (bicyclic) bond motifs is 6. The first-order valence-electron chi connectivity index (χ1n) is 22.4. The van der Waals surface area contributed by atoms with E-state index < -0.39 is 11.9 Å². The van der Waals surface area contributed by atoms with Crippen molar-refractivity contribution in [1.29, 1.82) is 0 Å². The summed E-state index contributed by atoms with van der Waals surface area (Å²) in [7, 11) is 2.74. The molecule has 0 aliphatic carbocycles. The number of hydrogen-bond donors (Lipinski definition) is 0. The number of carbonyl (C=O) groups excluding carboxylic acids is 2. The lowest BCUT2D eigenvalue weighted by Crippen LogP contribution is -2.01. The van der Waals surface area contributed by atoms with Crippen LogP contribution in [0, 0.1) is 0 Å². The maximum absolute atomic E-state index is 12.4. The number of ether oxygens (including phenoxy) is 4. The second-order valence-electron chi connectivity index (χ2n) is 16.6. The molecule has 70 heavy (non-hydrogen) atoms. The molecule has 10 heteroatoms. The zero-order valence-electron chi connectivity index (χ0n) is 37.6. The minimum Gasteiger partial charge on any atom is -0.465 e. The van der Waals surface area contributed by atoms with Crippen LogP contribution < -0.4 is 9.47 Å². The average molecular weight is 983 g/mol. The van der Waals surface area contributed by atoms with Gasteiger partial charge >= 0.3 is 11.9 Å². The summed E-state index contributed by atoms with van der Waals surface area (Å²) in [6, 6.07) is 65.7. The fourth-order valence-corrected chi connectivity index (χ4v) is 13.8. The quantitative estimate of drug-likeness (QED) is 0.131. The third-order valence-electron chi connectivity index (χ3n) is 12.4. The van der Waals surface area contributed by atoms with Crippen LogP contribution in [0.3, 0.4) is 0 Å². The molecule has 0 fully saturated rings. The van der Waals surface area contributed by atoms with Gasteiger partial charge in [0.2, 0.25) is 0 Å². The largest absolute Gasteiger partial charge is 0.465 e. The molecule has 0 radical (unpaired) electrons. The van der Waals surface area contributed by atoms with Crippen LogP contribution in [-0.4, -0.2) is 26.2 Å². The first-order chi connectivity index (χ1) is 34.4. The van der Waals surface area contributed by atoms with Crippen molar-refractivity contribution in [2.24, 2.45) is 0 Å². The van der Waals surface area contributed by atoms with Gasteiger partial charge in [0.25, 0.3) is 0 Å². The molecule has 0 unspecified atom stereocenters. The average Bonchev–Trinajstić information content (AvgIpc) is 3.41. The molecule has 0 bridgehead atoms. The minimum absolute atomic E-state index is 0.420. The Hall–Kier alpha value is -7.34. The summed E-state index contributed by atoms with van der Waals surface area (Å²) >= 11 is 7.25. The van der Waals surface area contributed by atoms with Crippen LogP contribution in [0.25, 0.3) is 54.9 Å². The smallest absolute Gasteiger partial charge is 0.337 e. The van der Waals surface area contributed by atoms with E-state index in [1.807, 2.05) is 59.2 Å². The van der Waals surface area contributed by atoms with Gasteiger partial charge in [-0.25, -0.2) is 9.59 Å². The third-order valence-corrected chi connectivity index (χ3v) is 17.6. The molecule has 338 valence electrons. The highest BCUT2D eigenvalue weighted by molar-refractivity contribution is 8.05. The topological polar surface area (TPSA) is 71.1 Å². The minimum atomic E-state index is -0.427. The van der Waals surface area contributed by atoms with Crippen molar-refractivity contribution in [3.05, 3.63) is 205 Å². The van der Waals surface area contributed by atoms with Gasteiger partial charge in [-0.05, 0) is 153 Å². The highest BCUT2D eigenvalue weighted by Gasteiger charge is 2.25. The maximum Gasteiger partial charge on any atom is 0.337 e. The lowest BCUT2D eigenvalue weighted by molar-refractivity contribution is 0.0592. The summed E-state index contributed by atoms with van der Waals surface area (Å²) in [5.74, 6) is 1.43. The highest BCUT2D eigenvalue weighted by atomic mass is 32.2. The molecule has 6 nitrogen and oxygen atoms in total. The molecule has 0 N–H and O–H groups in total. The van der Waals surface area contributed by atoms with E-state index >= 15 is 0 Å². The van der Waals surface area contributed by atoms with Crippen LogP contribution in [0.4, 0.5) is 0 Å². The van der Waals surface area contributed by atoms with E-state index in [4.69, 9.17) is 18.9 Å². The Kier molecular flexibility index (Phi) is 11.6. The van der Waals surface area contributed by atoms with Crippen molar-refractivity contribution in [2.45, 2.75) is 39.2 Å². The zero-order valence-corrected chi connectivity index (χ0v) is 40.8. The van der Waals surface area contributed by atoms with E-state index in [0.717, 1.165) is 43.8 Å². The van der Waals surface area contributed by atoms with E-state index in [1.54, 1.807) is 48.5 Å². The molecule has 0 atom stereocenters. The summed E-state index contributed by atoms with van der Waals surface area (Å²) in [4.78, 5) is 34.9. The lowest BCUT2D eigenvalue weighted by Gasteiger charge is -2.22. The summed E-state index contributed by atoms with van der Waals surface area (Å²) in [6.07, 6.45) is 0. The Balaban J connectivity index is 1.05. The van der Waals surface area contributed by atoms with Crippen LogP contribution in [-0.2, 0) is 9.47 Å². The Morgan fingerprint density at radius 2 is 0.757 bits per heavy atom. The van der Waals surface area contributed by atoms with E-state index in [9.17, 15) is 9.59 Å². The van der Waals surface area contributed by atoms with Gasteiger partial charge in [0.15, 0.2) is 0 Å².